The Morgan fingerprint density at radius 3 is 2.69 bits per heavy atom. The fourth-order valence-electron chi connectivity index (χ4n) is 1.20. The highest BCUT2D eigenvalue weighted by Gasteiger charge is 1.93. The molecule has 0 aliphatic heterocycles. The fraction of sp³-hybridized carbons (Fsp3) is 0. The molecule has 1 nitrogen and oxygen atoms in total. The molecule has 2 aromatic rings. The molecule has 1 aromatic carbocycles. The van der Waals surface area contributed by atoms with E-state index in [1.165, 1.54) is 5.39 Å². The first-order chi connectivity index (χ1) is 6.40. The summed E-state index contributed by atoms with van der Waals surface area (Å²) >= 11 is 3.05. The van der Waals surface area contributed by atoms with Crippen LogP contribution in [0.15, 0.2) is 36.5 Å². The van der Waals surface area contributed by atoms with Crippen LogP contribution < -0.4 is 0 Å². The van der Waals surface area contributed by atoms with E-state index in [9.17, 15) is 0 Å². The molecule has 0 N–H and O–H groups in total. The van der Waals surface area contributed by atoms with E-state index in [0.29, 0.717) is 0 Å². The van der Waals surface area contributed by atoms with Gasteiger partial charge in [0.25, 0.3) is 0 Å². The second-order valence-corrected chi connectivity index (χ2v) is 3.03. The molecular formula is C11H6BrN. The topological polar surface area (TPSA) is 12.9 Å². The van der Waals surface area contributed by atoms with Crippen molar-refractivity contribution in [3.8, 4) is 10.8 Å². The maximum atomic E-state index is 4.19. The standard InChI is InChI=1S/C11H6BrN/c12-6-5-11-7-9-3-1-2-4-10(9)8-13-11/h1-4,7-8H. The van der Waals surface area contributed by atoms with E-state index in [4.69, 9.17) is 0 Å². The number of aromatic nitrogens is 1. The number of benzene rings is 1. The average Bonchev–Trinajstić information content (AvgIpc) is 2.18. The Morgan fingerprint density at radius 1 is 1.15 bits per heavy atom. The molecule has 0 unspecified atom stereocenters. The molecule has 62 valence electrons. The van der Waals surface area contributed by atoms with Crippen LogP contribution in [0, 0.1) is 10.8 Å². The molecule has 0 radical (unpaired) electrons. The predicted molar refractivity (Wildman–Crippen MR) is 57.5 cm³/mol. The number of hydrogen-bond acceptors (Lipinski definition) is 1. The number of halogens is 1. The first kappa shape index (κ1) is 8.28. The van der Waals surface area contributed by atoms with Crippen LogP contribution in [0.2, 0.25) is 0 Å². The maximum Gasteiger partial charge on any atom is 0.114 e. The van der Waals surface area contributed by atoms with E-state index < -0.39 is 0 Å². The highest BCUT2D eigenvalue weighted by atomic mass is 79.9. The van der Waals surface area contributed by atoms with Crippen LogP contribution in [0.1, 0.15) is 5.69 Å². The van der Waals surface area contributed by atoms with Gasteiger partial charge in [0.05, 0.1) is 0 Å². The molecule has 0 amide bonds. The summed E-state index contributed by atoms with van der Waals surface area (Å²) in [5.41, 5.74) is 0.788. The van der Waals surface area contributed by atoms with Crippen LogP contribution in [0.4, 0.5) is 0 Å². The molecule has 0 fully saturated rings. The Hall–Kier alpha value is -1.33. The van der Waals surface area contributed by atoms with Crippen LogP contribution in [0.5, 0.6) is 0 Å². The third-order valence-corrected chi connectivity index (χ3v) is 2.00. The molecule has 2 rings (SSSR count). The van der Waals surface area contributed by atoms with Gasteiger partial charge >= 0.3 is 0 Å². The van der Waals surface area contributed by atoms with Crippen molar-refractivity contribution in [1.29, 1.82) is 0 Å². The van der Waals surface area contributed by atoms with Crippen molar-refractivity contribution in [2.75, 3.05) is 0 Å². The van der Waals surface area contributed by atoms with E-state index in [-0.39, 0.29) is 0 Å². The molecule has 0 atom stereocenters. The molecule has 0 spiro atoms. The molecule has 0 saturated heterocycles. The van der Waals surface area contributed by atoms with E-state index >= 15 is 0 Å². The van der Waals surface area contributed by atoms with Crippen molar-refractivity contribution in [2.45, 2.75) is 0 Å². The Bertz CT molecular complexity index is 494. The minimum atomic E-state index is 0.788. The SMILES string of the molecule is BrC#Cc1cc2ccccc2cn1. The van der Waals surface area contributed by atoms with Gasteiger partial charge in [0.2, 0.25) is 0 Å². The quantitative estimate of drug-likeness (QED) is 0.636. The number of fused-ring (bicyclic) bond motifs is 1. The zero-order chi connectivity index (χ0) is 9.10. The lowest BCUT2D eigenvalue weighted by molar-refractivity contribution is 1.32. The van der Waals surface area contributed by atoms with Crippen molar-refractivity contribution in [1.82, 2.24) is 4.98 Å². The minimum Gasteiger partial charge on any atom is -0.247 e. The lowest BCUT2D eigenvalue weighted by atomic mass is 10.1. The smallest absolute Gasteiger partial charge is 0.114 e. The van der Waals surface area contributed by atoms with Crippen LogP contribution in [0.25, 0.3) is 10.8 Å². The first-order valence-electron chi connectivity index (χ1n) is 3.86. The van der Waals surface area contributed by atoms with Gasteiger partial charge in [-0.05, 0) is 22.2 Å². The van der Waals surface area contributed by atoms with Crippen LogP contribution in [0.3, 0.4) is 0 Å². The zero-order valence-corrected chi connectivity index (χ0v) is 8.38. The van der Waals surface area contributed by atoms with Crippen molar-refractivity contribution in [3.63, 3.8) is 0 Å². The van der Waals surface area contributed by atoms with Crippen LogP contribution >= 0.6 is 15.9 Å². The van der Waals surface area contributed by atoms with Gasteiger partial charge < -0.3 is 0 Å². The van der Waals surface area contributed by atoms with Crippen LogP contribution in [-0.4, -0.2) is 4.98 Å². The lowest BCUT2D eigenvalue weighted by Crippen LogP contribution is -1.81. The summed E-state index contributed by atoms with van der Waals surface area (Å²) in [6.07, 6.45) is 1.84. The van der Waals surface area contributed by atoms with Gasteiger partial charge in [-0.1, -0.05) is 24.3 Å². The van der Waals surface area contributed by atoms with Gasteiger partial charge in [0.15, 0.2) is 0 Å². The van der Waals surface area contributed by atoms with Gasteiger partial charge in [-0.3, -0.25) is 0 Å². The third kappa shape index (κ3) is 1.71. The Kier molecular flexibility index (Phi) is 2.29. The van der Waals surface area contributed by atoms with Gasteiger partial charge in [-0.25, -0.2) is 4.98 Å². The summed E-state index contributed by atoms with van der Waals surface area (Å²) in [7, 11) is 0. The van der Waals surface area contributed by atoms with E-state index in [1.54, 1.807) is 0 Å². The highest BCUT2D eigenvalue weighted by Crippen LogP contribution is 2.12. The molecule has 13 heavy (non-hydrogen) atoms. The second kappa shape index (κ2) is 3.59. The van der Waals surface area contributed by atoms with E-state index in [0.717, 1.165) is 11.1 Å². The molecule has 0 aliphatic rings. The number of hydrogen-bond donors (Lipinski definition) is 0. The number of rotatable bonds is 0. The van der Waals surface area contributed by atoms with Gasteiger partial charge in [-0.15, -0.1) is 0 Å². The first-order valence-corrected chi connectivity index (χ1v) is 4.66. The minimum absolute atomic E-state index is 0.788. The van der Waals surface area contributed by atoms with Crippen LogP contribution in [-0.2, 0) is 0 Å². The molecule has 0 bridgehead atoms. The molecule has 1 heterocycles. The largest absolute Gasteiger partial charge is 0.247 e. The molecule has 2 heteroatoms. The van der Waals surface area contributed by atoms with E-state index in [2.05, 4.69) is 37.7 Å². The summed E-state index contributed by atoms with van der Waals surface area (Å²) in [5, 5.41) is 2.31. The van der Waals surface area contributed by atoms with Crippen molar-refractivity contribution in [2.24, 2.45) is 0 Å². The molecule has 0 saturated carbocycles. The highest BCUT2D eigenvalue weighted by molar-refractivity contribution is 9.12. The lowest BCUT2D eigenvalue weighted by Gasteiger charge is -1.95. The van der Waals surface area contributed by atoms with E-state index in [1.807, 2.05) is 30.5 Å². The molecular weight excluding hydrogens is 226 g/mol. The summed E-state index contributed by atoms with van der Waals surface area (Å²) in [4.78, 5) is 6.84. The summed E-state index contributed by atoms with van der Waals surface area (Å²) in [6, 6.07) is 10.1. The Labute approximate surface area is 84.9 Å². The summed E-state index contributed by atoms with van der Waals surface area (Å²) < 4.78 is 0. The molecule has 1 aromatic heterocycles. The zero-order valence-electron chi connectivity index (χ0n) is 6.79. The van der Waals surface area contributed by atoms with Gasteiger partial charge in [0.1, 0.15) is 5.69 Å². The van der Waals surface area contributed by atoms with Gasteiger partial charge in [-0.2, -0.15) is 0 Å². The predicted octanol–water partition coefficient (Wildman–Crippen LogP) is 2.94. The third-order valence-electron chi connectivity index (χ3n) is 1.81. The number of nitrogens with zero attached hydrogens (tertiary/aromatic N) is 1. The van der Waals surface area contributed by atoms with Crippen molar-refractivity contribution < 1.29 is 0 Å². The molecule has 0 aliphatic carbocycles. The maximum absolute atomic E-state index is 4.19. The normalized spacial score (nSPS) is 9.31. The monoisotopic (exact) mass is 231 g/mol. The Balaban J connectivity index is 2.66. The van der Waals surface area contributed by atoms with Gasteiger partial charge in [0, 0.05) is 27.5 Å². The Morgan fingerprint density at radius 2 is 1.92 bits per heavy atom. The average molecular weight is 232 g/mol. The second-order valence-electron chi connectivity index (χ2n) is 2.64. The van der Waals surface area contributed by atoms with Crippen molar-refractivity contribution >= 4 is 26.7 Å². The summed E-state index contributed by atoms with van der Waals surface area (Å²) in [6.45, 7) is 0. The summed E-state index contributed by atoms with van der Waals surface area (Å²) in [5.74, 6) is 2.86. The number of pyridine rings is 1. The fourth-order valence-corrected chi connectivity index (χ4v) is 1.40. The van der Waals surface area contributed by atoms with Crippen molar-refractivity contribution in [3.05, 3.63) is 42.2 Å².